The number of hydrogen-bond acceptors (Lipinski definition) is 3. The van der Waals surface area contributed by atoms with E-state index < -0.39 is 0 Å². The van der Waals surface area contributed by atoms with E-state index in [0.717, 1.165) is 67.1 Å². The van der Waals surface area contributed by atoms with E-state index in [2.05, 4.69) is 49.2 Å². The van der Waals surface area contributed by atoms with Crippen molar-refractivity contribution in [2.24, 2.45) is 10.9 Å². The largest absolute Gasteiger partial charge is 0.458 e. The van der Waals surface area contributed by atoms with Gasteiger partial charge in [-0.05, 0) is 94.6 Å². The van der Waals surface area contributed by atoms with Crippen molar-refractivity contribution in [1.82, 2.24) is 5.32 Å². The van der Waals surface area contributed by atoms with Crippen LogP contribution in [0.15, 0.2) is 77.2 Å². The minimum atomic E-state index is 0.526. The molecular weight excluding hydrogens is 332 g/mol. The summed E-state index contributed by atoms with van der Waals surface area (Å²) < 4.78 is 5.94. The van der Waals surface area contributed by atoms with Crippen LogP contribution in [0, 0.1) is 5.92 Å². The Kier molecular flexibility index (Phi) is 6.83. The molecule has 0 unspecified atom stereocenters. The number of nitrogens with zero attached hydrogens (tertiary/aromatic N) is 1. The molecule has 1 N–H and O–H groups in total. The van der Waals surface area contributed by atoms with E-state index in [0.29, 0.717) is 5.92 Å². The summed E-state index contributed by atoms with van der Waals surface area (Å²) in [7, 11) is 0. The summed E-state index contributed by atoms with van der Waals surface area (Å²) >= 11 is 0. The third kappa shape index (κ3) is 5.30. The van der Waals surface area contributed by atoms with Crippen LogP contribution < -0.4 is 10.1 Å². The predicted octanol–water partition coefficient (Wildman–Crippen LogP) is 5.57. The Bertz CT molecular complexity index is 775. The van der Waals surface area contributed by atoms with Crippen molar-refractivity contribution in [3.63, 3.8) is 0 Å². The summed E-state index contributed by atoms with van der Waals surface area (Å²) in [5.74, 6) is 2.30. The maximum atomic E-state index is 5.94. The van der Waals surface area contributed by atoms with Gasteiger partial charge in [0.05, 0.1) is 5.71 Å². The minimum absolute atomic E-state index is 0.526. The van der Waals surface area contributed by atoms with Gasteiger partial charge < -0.3 is 10.1 Å². The fourth-order valence-electron chi connectivity index (χ4n) is 3.53. The molecule has 1 aromatic rings. The summed E-state index contributed by atoms with van der Waals surface area (Å²) in [6.07, 6.45) is 12.9. The SMILES string of the molecule is C=C(C)C(=NC(=CC)C1CCNCC1)c1ccc(OC2=CCCC=C2)cc1. The van der Waals surface area contributed by atoms with Crippen LogP contribution in [0.4, 0.5) is 0 Å². The molecule has 0 spiro atoms. The van der Waals surface area contributed by atoms with Gasteiger partial charge in [0.15, 0.2) is 0 Å². The summed E-state index contributed by atoms with van der Waals surface area (Å²) in [4.78, 5) is 5.02. The van der Waals surface area contributed by atoms with E-state index in [4.69, 9.17) is 9.73 Å². The molecule has 0 saturated carbocycles. The van der Waals surface area contributed by atoms with Crippen LogP contribution in [0.1, 0.15) is 45.1 Å². The number of allylic oxidation sites excluding steroid dienone is 6. The van der Waals surface area contributed by atoms with Crippen molar-refractivity contribution in [3.8, 4) is 5.75 Å². The summed E-state index contributed by atoms with van der Waals surface area (Å²) in [6, 6.07) is 8.17. The van der Waals surface area contributed by atoms with E-state index in [1.54, 1.807) is 0 Å². The fraction of sp³-hybridized carbons (Fsp3) is 0.375. The van der Waals surface area contributed by atoms with Crippen LogP contribution in [-0.4, -0.2) is 18.8 Å². The lowest BCUT2D eigenvalue weighted by Gasteiger charge is -2.23. The van der Waals surface area contributed by atoms with Crippen LogP contribution in [0.3, 0.4) is 0 Å². The lowest BCUT2D eigenvalue weighted by Crippen LogP contribution is -2.28. The molecule has 0 atom stereocenters. The van der Waals surface area contributed by atoms with Gasteiger partial charge in [0.2, 0.25) is 0 Å². The first kappa shape index (κ1) is 19.4. The maximum absolute atomic E-state index is 5.94. The second-order valence-corrected chi connectivity index (χ2v) is 7.19. The number of rotatable bonds is 6. The number of aliphatic imine (C=N–C) groups is 1. The highest BCUT2D eigenvalue weighted by atomic mass is 16.5. The van der Waals surface area contributed by atoms with Crippen LogP contribution in [-0.2, 0) is 0 Å². The molecule has 1 aromatic carbocycles. The molecule has 0 aromatic heterocycles. The zero-order valence-electron chi connectivity index (χ0n) is 16.5. The third-order valence-electron chi connectivity index (χ3n) is 5.02. The van der Waals surface area contributed by atoms with Gasteiger partial charge in [-0.15, -0.1) is 0 Å². The highest BCUT2D eigenvalue weighted by molar-refractivity contribution is 6.12. The number of benzene rings is 1. The third-order valence-corrected chi connectivity index (χ3v) is 5.02. The molecule has 1 aliphatic heterocycles. The number of nitrogens with one attached hydrogen (secondary N) is 1. The van der Waals surface area contributed by atoms with Crippen molar-refractivity contribution in [3.05, 3.63) is 77.7 Å². The van der Waals surface area contributed by atoms with Gasteiger partial charge in [-0.2, -0.15) is 0 Å². The molecule has 3 heteroatoms. The molecule has 1 saturated heterocycles. The average molecular weight is 363 g/mol. The summed E-state index contributed by atoms with van der Waals surface area (Å²) in [5.41, 5.74) is 4.20. The molecule has 0 amide bonds. The average Bonchev–Trinajstić information content (AvgIpc) is 2.71. The lowest BCUT2D eigenvalue weighted by molar-refractivity contribution is 0.417. The monoisotopic (exact) mass is 362 g/mol. The van der Waals surface area contributed by atoms with Gasteiger partial charge in [-0.25, -0.2) is 0 Å². The summed E-state index contributed by atoms with van der Waals surface area (Å²) in [6.45, 7) is 10.4. The molecule has 0 radical (unpaired) electrons. The van der Waals surface area contributed by atoms with Crippen molar-refractivity contribution < 1.29 is 4.74 Å². The second kappa shape index (κ2) is 9.52. The molecule has 1 fully saturated rings. The first-order valence-corrected chi connectivity index (χ1v) is 9.94. The van der Waals surface area contributed by atoms with Crippen molar-refractivity contribution in [2.75, 3.05) is 13.1 Å². The van der Waals surface area contributed by atoms with Crippen molar-refractivity contribution in [2.45, 2.75) is 39.5 Å². The Morgan fingerprint density at radius 1 is 1.19 bits per heavy atom. The van der Waals surface area contributed by atoms with Crippen LogP contribution >= 0.6 is 0 Å². The fourth-order valence-corrected chi connectivity index (χ4v) is 3.53. The van der Waals surface area contributed by atoms with Gasteiger partial charge in [-0.3, -0.25) is 4.99 Å². The minimum Gasteiger partial charge on any atom is -0.458 e. The number of ether oxygens (including phenoxy) is 1. The Hall–Kier alpha value is -2.39. The topological polar surface area (TPSA) is 33.6 Å². The molecule has 1 aliphatic carbocycles. The van der Waals surface area contributed by atoms with Gasteiger partial charge in [0, 0.05) is 17.2 Å². The molecule has 1 heterocycles. The van der Waals surface area contributed by atoms with Crippen LogP contribution in [0.2, 0.25) is 0 Å². The number of piperidine rings is 1. The lowest BCUT2D eigenvalue weighted by atomic mass is 9.94. The van der Waals surface area contributed by atoms with Crippen LogP contribution in [0.5, 0.6) is 5.75 Å². The van der Waals surface area contributed by atoms with Crippen molar-refractivity contribution in [1.29, 1.82) is 0 Å². The van der Waals surface area contributed by atoms with Gasteiger partial charge in [0.25, 0.3) is 0 Å². The first-order chi connectivity index (χ1) is 13.2. The molecule has 3 rings (SSSR count). The number of hydrogen-bond donors (Lipinski definition) is 1. The second-order valence-electron chi connectivity index (χ2n) is 7.19. The Labute approximate surface area is 163 Å². The van der Waals surface area contributed by atoms with E-state index in [1.807, 2.05) is 25.1 Å². The zero-order chi connectivity index (χ0) is 19.1. The van der Waals surface area contributed by atoms with E-state index >= 15 is 0 Å². The summed E-state index contributed by atoms with van der Waals surface area (Å²) in [5, 5.41) is 3.42. The highest BCUT2D eigenvalue weighted by Crippen LogP contribution is 2.25. The quantitative estimate of drug-likeness (QED) is 0.671. The molecule has 2 aliphatic rings. The van der Waals surface area contributed by atoms with Gasteiger partial charge in [-0.1, -0.05) is 18.7 Å². The smallest absolute Gasteiger partial charge is 0.127 e. The molecule has 142 valence electrons. The molecule has 27 heavy (non-hydrogen) atoms. The standard InChI is InChI=1S/C24H30N2O/c1-4-23(19-14-16-25-17-15-19)26-24(18(2)3)20-10-12-22(13-11-20)27-21-8-6-5-7-9-21/h4,6,8-13,19,25H,2,5,7,14-17H2,1,3H3. The van der Waals surface area contributed by atoms with E-state index in [-0.39, 0.29) is 0 Å². The van der Waals surface area contributed by atoms with Crippen molar-refractivity contribution >= 4 is 5.71 Å². The highest BCUT2D eigenvalue weighted by Gasteiger charge is 2.18. The Morgan fingerprint density at radius 2 is 1.93 bits per heavy atom. The first-order valence-electron chi connectivity index (χ1n) is 9.94. The van der Waals surface area contributed by atoms with E-state index in [9.17, 15) is 0 Å². The Balaban J connectivity index is 1.78. The maximum Gasteiger partial charge on any atom is 0.127 e. The van der Waals surface area contributed by atoms with Gasteiger partial charge >= 0.3 is 0 Å². The zero-order valence-corrected chi connectivity index (χ0v) is 16.5. The van der Waals surface area contributed by atoms with E-state index in [1.165, 1.54) is 5.70 Å². The molecule has 3 nitrogen and oxygen atoms in total. The van der Waals surface area contributed by atoms with Crippen LogP contribution in [0.25, 0.3) is 0 Å². The van der Waals surface area contributed by atoms with Gasteiger partial charge in [0.1, 0.15) is 11.5 Å². The predicted molar refractivity (Wildman–Crippen MR) is 114 cm³/mol. The Morgan fingerprint density at radius 3 is 2.52 bits per heavy atom. The normalized spacial score (nSPS) is 19.0. The molecule has 0 bridgehead atoms. The molecular formula is C24H30N2O.